The van der Waals surface area contributed by atoms with Gasteiger partial charge >= 0.3 is 0 Å². The fraction of sp³-hybridized carbons (Fsp3) is 0.350. The molecule has 1 saturated heterocycles. The van der Waals surface area contributed by atoms with Gasteiger partial charge in [-0.2, -0.15) is 5.10 Å². The number of likely N-dealkylation sites (tertiary alicyclic amines) is 1. The van der Waals surface area contributed by atoms with E-state index in [1.54, 1.807) is 30.2 Å². The van der Waals surface area contributed by atoms with Gasteiger partial charge in [0.2, 0.25) is 5.91 Å². The molecular formula is C20H22N6O2. The van der Waals surface area contributed by atoms with Crippen molar-refractivity contribution < 1.29 is 9.59 Å². The quantitative estimate of drug-likeness (QED) is 0.741. The lowest BCUT2D eigenvalue weighted by molar-refractivity contribution is -0.131. The number of nitrogens with one attached hydrogen (secondary N) is 1. The van der Waals surface area contributed by atoms with Crippen molar-refractivity contribution in [2.45, 2.75) is 25.2 Å². The molecule has 144 valence electrons. The predicted molar refractivity (Wildman–Crippen MR) is 103 cm³/mol. The Morgan fingerprint density at radius 3 is 2.68 bits per heavy atom. The van der Waals surface area contributed by atoms with Crippen LogP contribution in [0.5, 0.6) is 0 Å². The second-order valence-electron chi connectivity index (χ2n) is 6.90. The second-order valence-corrected chi connectivity index (χ2v) is 6.90. The summed E-state index contributed by atoms with van der Waals surface area (Å²) in [4.78, 5) is 35.0. The Labute approximate surface area is 162 Å². The molecule has 1 aliphatic rings. The first-order valence-corrected chi connectivity index (χ1v) is 9.39. The summed E-state index contributed by atoms with van der Waals surface area (Å²) in [6, 6.07) is 7.57. The predicted octanol–water partition coefficient (Wildman–Crippen LogP) is 1.43. The molecule has 0 bridgehead atoms. The maximum Gasteiger partial charge on any atom is 0.256 e. The van der Waals surface area contributed by atoms with E-state index in [4.69, 9.17) is 0 Å². The zero-order valence-corrected chi connectivity index (χ0v) is 15.7. The molecule has 2 amide bonds. The molecule has 4 rings (SSSR count). The molecule has 0 aromatic carbocycles. The van der Waals surface area contributed by atoms with Crippen LogP contribution >= 0.6 is 0 Å². The van der Waals surface area contributed by atoms with Crippen LogP contribution in [0, 0.1) is 0 Å². The normalized spacial score (nSPS) is 15.0. The number of carbonyl (C=O) groups excluding carboxylic acids is 2. The molecule has 0 atom stereocenters. The summed E-state index contributed by atoms with van der Waals surface area (Å²) in [7, 11) is 1.59. The summed E-state index contributed by atoms with van der Waals surface area (Å²) in [5, 5.41) is 6.99. The van der Waals surface area contributed by atoms with Crippen molar-refractivity contribution in [3.8, 4) is 0 Å². The summed E-state index contributed by atoms with van der Waals surface area (Å²) < 4.78 is 1.75. The first-order valence-electron chi connectivity index (χ1n) is 9.39. The topological polar surface area (TPSA) is 92.5 Å². The molecule has 1 N–H and O–H groups in total. The van der Waals surface area contributed by atoms with Gasteiger partial charge < -0.3 is 10.2 Å². The Morgan fingerprint density at radius 2 is 1.96 bits per heavy atom. The van der Waals surface area contributed by atoms with E-state index in [1.807, 2.05) is 29.2 Å². The molecule has 3 aromatic rings. The Hall–Kier alpha value is -3.29. The summed E-state index contributed by atoms with van der Waals surface area (Å²) in [6.45, 7) is 1.40. The summed E-state index contributed by atoms with van der Waals surface area (Å²) >= 11 is 0. The Morgan fingerprint density at radius 1 is 1.14 bits per heavy atom. The number of carbonyl (C=O) groups is 2. The average molecular weight is 378 g/mol. The third-order valence-corrected chi connectivity index (χ3v) is 5.23. The molecule has 1 fully saturated rings. The van der Waals surface area contributed by atoms with Crippen LogP contribution < -0.4 is 5.32 Å². The lowest BCUT2D eigenvalue weighted by Crippen LogP contribution is -2.39. The van der Waals surface area contributed by atoms with Gasteiger partial charge in [-0.05, 0) is 31.0 Å². The number of pyridine rings is 1. The van der Waals surface area contributed by atoms with Gasteiger partial charge in [0.15, 0.2) is 5.65 Å². The van der Waals surface area contributed by atoms with Crippen molar-refractivity contribution >= 4 is 17.5 Å². The fourth-order valence-electron chi connectivity index (χ4n) is 3.71. The minimum atomic E-state index is -0.199. The number of nitrogens with zero attached hydrogens (tertiary/aromatic N) is 5. The SMILES string of the molecule is CNC(=O)c1cnn2c(C3CCN(C(=O)Cc4ccccn4)CC3)ccnc12. The first kappa shape index (κ1) is 18.1. The first-order chi connectivity index (χ1) is 13.7. The van der Waals surface area contributed by atoms with Crippen molar-refractivity contribution in [2.75, 3.05) is 20.1 Å². The van der Waals surface area contributed by atoms with E-state index >= 15 is 0 Å². The average Bonchev–Trinajstić information content (AvgIpc) is 3.18. The Kier molecular flexibility index (Phi) is 5.01. The second kappa shape index (κ2) is 7.75. The summed E-state index contributed by atoms with van der Waals surface area (Å²) in [6.07, 6.45) is 7.01. The molecule has 0 saturated carbocycles. The number of hydrogen-bond donors (Lipinski definition) is 1. The van der Waals surface area contributed by atoms with Gasteiger partial charge in [-0.1, -0.05) is 6.07 Å². The number of hydrogen-bond acceptors (Lipinski definition) is 5. The van der Waals surface area contributed by atoms with E-state index in [2.05, 4.69) is 20.4 Å². The van der Waals surface area contributed by atoms with Crippen LogP contribution in [0.3, 0.4) is 0 Å². The third kappa shape index (κ3) is 3.45. The van der Waals surface area contributed by atoms with E-state index in [1.165, 1.54) is 0 Å². The molecule has 0 radical (unpaired) electrons. The van der Waals surface area contributed by atoms with Gasteiger partial charge in [0.25, 0.3) is 5.91 Å². The van der Waals surface area contributed by atoms with Crippen LogP contribution in [0.15, 0.2) is 42.9 Å². The van der Waals surface area contributed by atoms with Crippen LogP contribution in [0.1, 0.15) is 40.5 Å². The van der Waals surface area contributed by atoms with E-state index < -0.39 is 0 Å². The van der Waals surface area contributed by atoms with Gasteiger partial charge in [-0.15, -0.1) is 0 Å². The highest BCUT2D eigenvalue weighted by atomic mass is 16.2. The van der Waals surface area contributed by atoms with Crippen molar-refractivity contribution in [1.82, 2.24) is 29.8 Å². The number of aromatic nitrogens is 4. The molecule has 4 heterocycles. The van der Waals surface area contributed by atoms with Crippen LogP contribution in [0.4, 0.5) is 0 Å². The lowest BCUT2D eigenvalue weighted by atomic mass is 9.93. The van der Waals surface area contributed by atoms with Crippen molar-refractivity contribution in [3.63, 3.8) is 0 Å². The van der Waals surface area contributed by atoms with Crippen LogP contribution in [-0.4, -0.2) is 56.4 Å². The number of fused-ring (bicyclic) bond motifs is 1. The van der Waals surface area contributed by atoms with Crippen LogP contribution in [0.25, 0.3) is 5.65 Å². The summed E-state index contributed by atoms with van der Waals surface area (Å²) in [5.74, 6) is 0.175. The number of amides is 2. The van der Waals surface area contributed by atoms with Crippen molar-refractivity contribution in [2.24, 2.45) is 0 Å². The van der Waals surface area contributed by atoms with E-state index in [9.17, 15) is 9.59 Å². The van der Waals surface area contributed by atoms with E-state index in [-0.39, 0.29) is 17.7 Å². The largest absolute Gasteiger partial charge is 0.355 e. The van der Waals surface area contributed by atoms with E-state index in [0.29, 0.717) is 30.7 Å². The molecule has 0 aliphatic carbocycles. The highest BCUT2D eigenvalue weighted by Crippen LogP contribution is 2.28. The van der Waals surface area contributed by atoms with Crippen LogP contribution in [0.2, 0.25) is 0 Å². The van der Waals surface area contributed by atoms with Crippen molar-refractivity contribution in [3.05, 3.63) is 59.8 Å². The zero-order valence-electron chi connectivity index (χ0n) is 15.7. The minimum Gasteiger partial charge on any atom is -0.355 e. The van der Waals surface area contributed by atoms with Gasteiger partial charge in [0.1, 0.15) is 5.56 Å². The monoisotopic (exact) mass is 378 g/mol. The third-order valence-electron chi connectivity index (χ3n) is 5.23. The highest BCUT2D eigenvalue weighted by molar-refractivity contribution is 5.99. The number of piperidine rings is 1. The number of rotatable bonds is 4. The lowest BCUT2D eigenvalue weighted by Gasteiger charge is -2.32. The van der Waals surface area contributed by atoms with Crippen LogP contribution in [-0.2, 0) is 11.2 Å². The molecule has 3 aromatic heterocycles. The van der Waals surface area contributed by atoms with Gasteiger partial charge in [-0.3, -0.25) is 14.6 Å². The Bertz CT molecular complexity index is 992. The molecule has 8 heteroatoms. The Balaban J connectivity index is 1.46. The van der Waals surface area contributed by atoms with Gasteiger partial charge in [0, 0.05) is 49.8 Å². The molecule has 1 aliphatic heterocycles. The maximum absolute atomic E-state index is 12.5. The highest BCUT2D eigenvalue weighted by Gasteiger charge is 2.26. The minimum absolute atomic E-state index is 0.109. The smallest absolute Gasteiger partial charge is 0.256 e. The molecule has 0 unspecified atom stereocenters. The maximum atomic E-state index is 12.5. The molecule has 0 spiro atoms. The van der Waals surface area contributed by atoms with Gasteiger partial charge in [0.05, 0.1) is 12.6 Å². The van der Waals surface area contributed by atoms with E-state index in [0.717, 1.165) is 24.2 Å². The molecule has 8 nitrogen and oxygen atoms in total. The molecular weight excluding hydrogens is 356 g/mol. The zero-order chi connectivity index (χ0) is 19.5. The standard InChI is InChI=1S/C20H22N6O2/c1-21-20(28)16-13-24-26-17(5-9-23-19(16)26)14-6-10-25(11-7-14)18(27)12-15-4-2-3-8-22-15/h2-5,8-9,13-14H,6-7,10-12H2,1H3,(H,21,28). The van der Waals surface area contributed by atoms with Gasteiger partial charge in [-0.25, -0.2) is 9.50 Å². The molecule has 28 heavy (non-hydrogen) atoms. The van der Waals surface area contributed by atoms with Crippen molar-refractivity contribution in [1.29, 1.82) is 0 Å². The fourth-order valence-corrected chi connectivity index (χ4v) is 3.71. The summed E-state index contributed by atoms with van der Waals surface area (Å²) in [5.41, 5.74) is 2.85.